The average Bonchev–Trinajstić information content (AvgIpc) is 1.72. The predicted octanol–water partition coefficient (Wildman–Crippen LogP) is 32.5. The summed E-state index contributed by atoms with van der Waals surface area (Å²) < 4.78 is 7.95. The van der Waals surface area contributed by atoms with Crippen molar-refractivity contribution in [2.75, 3.05) is 0 Å². The van der Waals surface area contributed by atoms with E-state index < -0.39 is 0 Å². The Bertz CT molecular complexity index is 6740. The van der Waals surface area contributed by atoms with Gasteiger partial charge in [0.1, 0.15) is 11.0 Å². The number of aromatic amines is 1. The second-order valence-electron chi connectivity index (χ2n) is 32.0. The Kier molecular flexibility index (Phi) is 33.2. The molecule has 21 rings (SSSR count). The third-order valence-electron chi connectivity index (χ3n) is 21.9. The first kappa shape index (κ1) is 95.3. The summed E-state index contributed by atoms with van der Waals surface area (Å²) in [5.41, 5.74) is 27.4. The van der Waals surface area contributed by atoms with Gasteiger partial charge < -0.3 is 18.7 Å². The van der Waals surface area contributed by atoms with E-state index in [0.717, 1.165) is 50.7 Å². The Morgan fingerprint density at radius 2 is 0.819 bits per heavy atom. The molecule has 648 valence electrons. The van der Waals surface area contributed by atoms with Crippen LogP contribution in [0.4, 0.5) is 11.4 Å². The number of non-ortho nitro benzene ring substituents is 1. The Hall–Kier alpha value is -12.3. The van der Waals surface area contributed by atoms with Gasteiger partial charge in [0, 0.05) is 160 Å². The lowest BCUT2D eigenvalue weighted by atomic mass is 9.99. The number of aromatic nitrogens is 8. The number of aryl methyl sites for hydroxylation is 22. The Morgan fingerprint density at radius 3 is 1.27 bits per heavy atom. The number of fused-ring (bicyclic) bond motifs is 10. The number of nitrogens with zero attached hydrogens (tertiary/aromatic N) is 9. The van der Waals surface area contributed by atoms with Crippen LogP contribution in [-0.4, -0.2) is 43.5 Å². The molecule has 1 aliphatic carbocycles. The highest BCUT2D eigenvalue weighted by atomic mass is 32.1. The predicted molar refractivity (Wildman–Crippen MR) is 552 cm³/mol. The zero-order valence-electron chi connectivity index (χ0n) is 77.2. The monoisotopic (exact) mass is 1790 g/mol. The van der Waals surface area contributed by atoms with Gasteiger partial charge >= 0.3 is 0 Å². The number of thiophene rings is 5. The molecule has 12 aromatic heterocycles. The maximum Gasteiger partial charge on any atom is 0.269 e. The first-order chi connectivity index (χ1) is 60.7. The van der Waals surface area contributed by atoms with Crippen molar-refractivity contribution in [3.63, 3.8) is 0 Å². The van der Waals surface area contributed by atoms with Crippen LogP contribution in [0.15, 0.2) is 255 Å². The van der Waals surface area contributed by atoms with E-state index in [4.69, 9.17) is 6.57 Å². The summed E-state index contributed by atoms with van der Waals surface area (Å²) in [7, 11) is 2.07. The molecule has 20 aromatic rings. The molecule has 0 bridgehead atoms. The van der Waals surface area contributed by atoms with Gasteiger partial charge in [-0.3, -0.25) is 25.1 Å². The van der Waals surface area contributed by atoms with E-state index in [2.05, 4.69) is 331 Å². The number of benzene rings is 8. The molecule has 0 fully saturated rings. The number of H-pyrrole nitrogens is 1. The van der Waals surface area contributed by atoms with Gasteiger partial charge in [-0.1, -0.05) is 144 Å². The lowest BCUT2D eigenvalue weighted by Crippen LogP contribution is -1.98. The van der Waals surface area contributed by atoms with Crippen LogP contribution in [0.3, 0.4) is 0 Å². The second-order valence-corrected chi connectivity index (χ2v) is 40.1. The smallest absolute Gasteiger partial charge is 0.269 e. The van der Waals surface area contributed by atoms with Crippen LogP contribution >= 0.6 is 68.0 Å². The Labute approximate surface area is 773 Å². The molecule has 8 aromatic carbocycles. The third kappa shape index (κ3) is 24.9. The number of nitro benzene ring substituents is 1. The van der Waals surface area contributed by atoms with E-state index in [1.807, 2.05) is 123 Å². The van der Waals surface area contributed by atoms with Crippen molar-refractivity contribution < 1.29 is 4.92 Å². The SMILES string of the molecule is Cc1ccc(C)[nH]1.Cc1ccc(C)n1-c1ccc([N+](=O)[O-])cc1.Cc1ccc(C)n1-c1ccccc1.Cc1ccc(C)n1C.Cc1ccc2c(c1)Cc1cc(C)ccc1-2.Cc1ccc2c(ccc3cc(C)ccc32)c1.Cc1cnc(C)s1.Cc1sc(C)c2ncccc12.Cc1sc(C)c2nccnc12.Cc1sc(C)c2sccc12.[C-]#[N+]c1ccc2c(C)sc(C)c2c1. The largest absolute Gasteiger partial charge is 0.363 e. The molecule has 0 aliphatic heterocycles. The molecule has 0 atom stereocenters. The van der Waals surface area contributed by atoms with E-state index in [1.165, 1.54) is 188 Å². The van der Waals surface area contributed by atoms with Crippen LogP contribution in [0, 0.1) is 169 Å². The minimum Gasteiger partial charge on any atom is -0.363 e. The van der Waals surface area contributed by atoms with Crippen molar-refractivity contribution in [3.05, 3.63) is 404 Å². The zero-order chi connectivity index (χ0) is 91.4. The van der Waals surface area contributed by atoms with Crippen LogP contribution in [-0.2, 0) is 13.5 Å². The number of hydrogen-bond donors (Lipinski definition) is 1. The Morgan fingerprint density at radius 1 is 0.378 bits per heavy atom. The topological polar surface area (TPSA) is 130 Å². The normalized spacial score (nSPS) is 10.7. The molecule has 12 heterocycles. The number of hydrogen-bond acceptors (Lipinski definition) is 12. The maximum atomic E-state index is 10.5. The van der Waals surface area contributed by atoms with Gasteiger partial charge in [0.25, 0.3) is 5.69 Å². The standard InChI is InChI=1S/C16H14.C15H14.C12H12N2O2.C12H13N.C11H9NS.C9H9NS.C8H8N2S.C8H8S2.C7H11N.C6H9N.C5H7NS/c1-11-3-7-15-13(9-11)5-6-14-10-12(2)4-8-16(14)15;1-10-3-5-14-12(7-10)9-13-8-11(2)4-6-15(13)14;1-9-3-4-10(2)13(9)11-5-7-12(8-6-11)14(15)16;1-10-8-9-11(2)13(10)12-6-4-3-5-7-12;1-7-10-5-4-9(12-3)6-11(10)8(2)13-7;1-6-8-4-3-5-10-9(8)7(2)11-6;1-5-7-8(6(2)11-5)10-4-3-9-7;1-5-7-3-4-9-8(7)6(2)10-5;1-6-4-5-7(2)8(6)3;1-5-3-4-6(2)7-5;1-4-3-6-5(2)7-4/h3-10H,1-2H3;3-8H,9H2,1-2H3;3-8H,1-2H3;3-9H,1-2H3;4-6H,1-2H3;3-5H,1-2H3;3-4H,1-2H3;3-4H,1-2H3;4-5H,1-3H3;3-4,7H,1-2H3;3H,1-2H3. The number of nitro groups is 1. The molecule has 0 saturated carbocycles. The molecular formula is C109H114N10O2S6. The summed E-state index contributed by atoms with van der Waals surface area (Å²) in [6, 6.07) is 77.2. The van der Waals surface area contributed by atoms with Gasteiger partial charge in [0.15, 0.2) is 5.69 Å². The minimum absolute atomic E-state index is 0.117. The maximum absolute atomic E-state index is 10.5. The summed E-state index contributed by atoms with van der Waals surface area (Å²) in [6.07, 6.45) is 8.32. The first-order valence-electron chi connectivity index (χ1n) is 42.3. The van der Waals surface area contributed by atoms with Gasteiger partial charge in [0.2, 0.25) is 0 Å². The zero-order valence-corrected chi connectivity index (χ0v) is 82.1. The van der Waals surface area contributed by atoms with Crippen molar-refractivity contribution in [3.8, 4) is 22.5 Å². The molecule has 127 heavy (non-hydrogen) atoms. The average molecular weight is 1790 g/mol. The van der Waals surface area contributed by atoms with Gasteiger partial charge in [0.05, 0.1) is 22.0 Å². The molecule has 12 nitrogen and oxygen atoms in total. The quantitative estimate of drug-likeness (QED) is 0.0812. The number of rotatable bonds is 3. The molecule has 1 aliphatic rings. The van der Waals surface area contributed by atoms with Crippen molar-refractivity contribution in [1.29, 1.82) is 0 Å². The lowest BCUT2D eigenvalue weighted by Gasteiger charge is -2.08. The fraction of sp³-hybridized carbons (Fsp3) is 0.220. The van der Waals surface area contributed by atoms with Crippen LogP contribution in [0.2, 0.25) is 0 Å². The molecule has 0 unspecified atom stereocenters. The van der Waals surface area contributed by atoms with E-state index in [-0.39, 0.29) is 10.6 Å². The third-order valence-corrected chi connectivity index (χ3v) is 28.0. The molecule has 0 spiro atoms. The van der Waals surface area contributed by atoms with E-state index in [9.17, 15) is 10.1 Å². The van der Waals surface area contributed by atoms with Gasteiger partial charge in [-0.25, -0.2) is 9.83 Å². The highest BCUT2D eigenvalue weighted by molar-refractivity contribution is 7.23. The molecule has 0 radical (unpaired) electrons. The van der Waals surface area contributed by atoms with Crippen molar-refractivity contribution >= 4 is 144 Å². The highest BCUT2D eigenvalue weighted by Crippen LogP contribution is 2.39. The summed E-state index contributed by atoms with van der Waals surface area (Å²) >= 11 is 10.9. The van der Waals surface area contributed by atoms with Crippen LogP contribution < -0.4 is 0 Å². The van der Waals surface area contributed by atoms with E-state index in [1.54, 1.807) is 58.5 Å². The lowest BCUT2D eigenvalue weighted by molar-refractivity contribution is -0.384. The second kappa shape index (κ2) is 44.2. The number of thiazole rings is 1. The van der Waals surface area contributed by atoms with Crippen molar-refractivity contribution in [1.82, 2.24) is 38.6 Å². The van der Waals surface area contributed by atoms with E-state index >= 15 is 0 Å². The molecule has 18 heteroatoms. The number of nitrogens with one attached hydrogen (secondary N) is 1. The van der Waals surface area contributed by atoms with Crippen LogP contribution in [0.5, 0.6) is 0 Å². The van der Waals surface area contributed by atoms with Crippen LogP contribution in [0.1, 0.15) is 128 Å². The molecule has 1 N–H and O–H groups in total. The highest BCUT2D eigenvalue weighted by Gasteiger charge is 2.19. The number of pyridine rings is 1. The summed E-state index contributed by atoms with van der Waals surface area (Å²) in [6.45, 7) is 53.2. The van der Waals surface area contributed by atoms with Crippen molar-refractivity contribution in [2.45, 2.75) is 159 Å². The minimum atomic E-state index is -0.390. The molecule has 0 saturated heterocycles. The molecular weight excluding hydrogens is 1670 g/mol. The van der Waals surface area contributed by atoms with Gasteiger partial charge in [-0.15, -0.1) is 68.0 Å². The first-order valence-corrected chi connectivity index (χ1v) is 47.3. The fourth-order valence-electron chi connectivity index (χ4n) is 15.3. The van der Waals surface area contributed by atoms with Gasteiger partial charge in [-0.05, 0) is 310 Å². The summed E-state index contributed by atoms with van der Waals surface area (Å²) in [5, 5.41) is 24.5. The van der Waals surface area contributed by atoms with Crippen LogP contribution in [0.25, 0.3) is 91.7 Å². The fourth-order valence-corrected chi connectivity index (χ4v) is 21.1. The van der Waals surface area contributed by atoms with E-state index in [0.29, 0.717) is 0 Å². The van der Waals surface area contributed by atoms with Crippen molar-refractivity contribution in [2.24, 2.45) is 7.05 Å². The Balaban J connectivity index is 0.000000137. The molecule has 0 amide bonds. The summed E-state index contributed by atoms with van der Waals surface area (Å²) in [4.78, 5) is 45.6. The van der Waals surface area contributed by atoms with Gasteiger partial charge in [-0.2, -0.15) is 0 Å². The summed E-state index contributed by atoms with van der Waals surface area (Å²) in [5.74, 6) is 0. The number of para-hydroxylation sites is 1.